The fourth-order valence-electron chi connectivity index (χ4n) is 2.86. The lowest BCUT2D eigenvalue weighted by Crippen LogP contribution is -2.47. The fraction of sp³-hybridized carbons (Fsp3) is 0.684. The number of nitrogens with one attached hydrogen (secondary N) is 1. The number of pyridine rings is 1. The normalized spacial score (nSPS) is 15.8. The number of piperidine rings is 1. The van der Waals surface area contributed by atoms with Gasteiger partial charge in [0.05, 0.1) is 17.7 Å². The maximum absolute atomic E-state index is 5.93. The molecule has 1 aromatic rings. The highest BCUT2D eigenvalue weighted by atomic mass is 35.5. The Kier molecular flexibility index (Phi) is 10.3. The van der Waals surface area contributed by atoms with E-state index in [9.17, 15) is 0 Å². The Morgan fingerprint density at radius 2 is 2.11 bits per heavy atom. The first kappa shape index (κ1) is 21.7. The number of methoxy groups -OCH3 is 1. The van der Waals surface area contributed by atoms with Gasteiger partial charge in [-0.15, -0.1) is 0 Å². The van der Waals surface area contributed by atoms with Crippen LogP contribution in [0, 0.1) is 0 Å². The van der Waals surface area contributed by atoms with Crippen molar-refractivity contribution < 1.29 is 14.2 Å². The van der Waals surface area contributed by atoms with Crippen LogP contribution in [-0.4, -0.2) is 75.1 Å². The Hall–Kier alpha value is -1.57. The van der Waals surface area contributed by atoms with Crippen LogP contribution in [0.2, 0.25) is 5.02 Å². The van der Waals surface area contributed by atoms with Crippen molar-refractivity contribution in [3.63, 3.8) is 0 Å². The van der Waals surface area contributed by atoms with E-state index in [1.165, 1.54) is 0 Å². The summed E-state index contributed by atoms with van der Waals surface area (Å²) in [6.45, 7) is 7.37. The minimum absolute atomic E-state index is 0.334. The molecule has 2 heterocycles. The molecular formula is C19H31ClN4O3. The second kappa shape index (κ2) is 12.8. The van der Waals surface area contributed by atoms with Crippen LogP contribution in [0.1, 0.15) is 26.2 Å². The van der Waals surface area contributed by atoms with E-state index in [1.54, 1.807) is 25.4 Å². The van der Waals surface area contributed by atoms with Crippen molar-refractivity contribution in [3.8, 4) is 5.88 Å². The summed E-state index contributed by atoms with van der Waals surface area (Å²) in [7, 11) is 1.72. The SMILES string of the molecule is CCNC(=NCCOc1ccc(Cl)cn1)N1CCC(OCCCOC)CC1. The van der Waals surface area contributed by atoms with Crippen LogP contribution in [0.25, 0.3) is 0 Å². The summed E-state index contributed by atoms with van der Waals surface area (Å²) in [5.74, 6) is 1.49. The number of guanidine groups is 1. The highest BCUT2D eigenvalue weighted by molar-refractivity contribution is 6.30. The van der Waals surface area contributed by atoms with Crippen molar-refractivity contribution in [2.75, 3.05) is 53.1 Å². The molecular weight excluding hydrogens is 368 g/mol. The Morgan fingerprint density at radius 1 is 1.30 bits per heavy atom. The van der Waals surface area contributed by atoms with E-state index in [-0.39, 0.29) is 0 Å². The van der Waals surface area contributed by atoms with Gasteiger partial charge in [0.1, 0.15) is 6.61 Å². The number of hydrogen-bond acceptors (Lipinski definition) is 5. The molecule has 27 heavy (non-hydrogen) atoms. The molecule has 7 nitrogen and oxygen atoms in total. The van der Waals surface area contributed by atoms with Crippen molar-refractivity contribution in [3.05, 3.63) is 23.4 Å². The molecule has 1 aliphatic heterocycles. The summed E-state index contributed by atoms with van der Waals surface area (Å²) < 4.78 is 16.6. The van der Waals surface area contributed by atoms with Crippen molar-refractivity contribution in [2.24, 2.45) is 4.99 Å². The number of aromatic nitrogens is 1. The summed E-state index contributed by atoms with van der Waals surface area (Å²) in [5.41, 5.74) is 0. The summed E-state index contributed by atoms with van der Waals surface area (Å²) in [4.78, 5) is 11.1. The number of rotatable bonds is 10. The van der Waals surface area contributed by atoms with Gasteiger partial charge in [-0.1, -0.05) is 11.6 Å². The lowest BCUT2D eigenvalue weighted by Gasteiger charge is -2.34. The molecule has 0 unspecified atom stereocenters. The third kappa shape index (κ3) is 8.32. The molecule has 0 amide bonds. The molecule has 0 radical (unpaired) electrons. The molecule has 8 heteroatoms. The summed E-state index contributed by atoms with van der Waals surface area (Å²) in [6.07, 6.45) is 4.89. The van der Waals surface area contributed by atoms with E-state index in [0.717, 1.165) is 58.1 Å². The lowest BCUT2D eigenvalue weighted by molar-refractivity contribution is 0.00989. The van der Waals surface area contributed by atoms with E-state index in [0.29, 0.717) is 30.2 Å². The van der Waals surface area contributed by atoms with Gasteiger partial charge in [0.2, 0.25) is 5.88 Å². The molecule has 1 fully saturated rings. The number of hydrogen-bond donors (Lipinski definition) is 1. The van der Waals surface area contributed by atoms with Gasteiger partial charge in [-0.05, 0) is 32.3 Å². The molecule has 0 atom stereocenters. The highest BCUT2D eigenvalue weighted by Crippen LogP contribution is 2.14. The lowest BCUT2D eigenvalue weighted by atomic mass is 10.1. The number of nitrogens with zero attached hydrogens (tertiary/aromatic N) is 3. The second-order valence-corrected chi connectivity index (χ2v) is 6.74. The smallest absolute Gasteiger partial charge is 0.213 e. The average Bonchev–Trinajstić information content (AvgIpc) is 2.69. The number of aliphatic imine (C=N–C) groups is 1. The van der Waals surface area contributed by atoms with E-state index in [1.807, 2.05) is 0 Å². The van der Waals surface area contributed by atoms with Crippen LogP contribution in [0.4, 0.5) is 0 Å². The van der Waals surface area contributed by atoms with Crippen LogP contribution in [-0.2, 0) is 9.47 Å². The van der Waals surface area contributed by atoms with Crippen molar-refractivity contribution in [1.82, 2.24) is 15.2 Å². The zero-order valence-electron chi connectivity index (χ0n) is 16.3. The highest BCUT2D eigenvalue weighted by Gasteiger charge is 2.21. The van der Waals surface area contributed by atoms with E-state index in [4.69, 9.17) is 25.8 Å². The molecule has 1 aromatic heterocycles. The quantitative estimate of drug-likeness (QED) is 0.371. The largest absolute Gasteiger partial charge is 0.476 e. The Morgan fingerprint density at radius 3 is 2.78 bits per heavy atom. The monoisotopic (exact) mass is 398 g/mol. The van der Waals surface area contributed by atoms with Crippen LogP contribution in [0.5, 0.6) is 5.88 Å². The molecule has 0 aliphatic carbocycles. The molecule has 2 rings (SSSR count). The zero-order chi connectivity index (χ0) is 19.3. The standard InChI is InChI=1S/C19H31ClN4O3/c1-3-21-19(22-9-14-27-18-6-5-16(20)15-23-18)24-10-7-17(8-11-24)26-13-4-12-25-2/h5-6,15,17H,3-4,7-14H2,1-2H3,(H,21,22). The summed E-state index contributed by atoms with van der Waals surface area (Å²) in [6, 6.07) is 3.52. The molecule has 1 aliphatic rings. The molecule has 0 saturated carbocycles. The first-order valence-corrected chi connectivity index (χ1v) is 9.99. The van der Waals surface area contributed by atoms with Crippen molar-refractivity contribution >= 4 is 17.6 Å². The van der Waals surface area contributed by atoms with Gasteiger partial charge in [0, 0.05) is 52.2 Å². The molecule has 0 aromatic carbocycles. The van der Waals surface area contributed by atoms with Crippen molar-refractivity contribution in [2.45, 2.75) is 32.3 Å². The fourth-order valence-corrected chi connectivity index (χ4v) is 2.97. The minimum Gasteiger partial charge on any atom is -0.476 e. The number of halogens is 1. The Labute approximate surface area is 167 Å². The van der Waals surface area contributed by atoms with Gasteiger partial charge >= 0.3 is 0 Å². The van der Waals surface area contributed by atoms with Gasteiger partial charge < -0.3 is 24.4 Å². The van der Waals surface area contributed by atoms with Gasteiger partial charge in [0.25, 0.3) is 0 Å². The average molecular weight is 399 g/mol. The third-order valence-electron chi connectivity index (χ3n) is 4.23. The van der Waals surface area contributed by atoms with Gasteiger partial charge in [-0.3, -0.25) is 0 Å². The summed E-state index contributed by atoms with van der Waals surface area (Å²) in [5, 5.41) is 3.96. The Bertz CT molecular complexity index is 548. The molecule has 152 valence electrons. The topological polar surface area (TPSA) is 68.2 Å². The minimum atomic E-state index is 0.334. The van der Waals surface area contributed by atoms with Gasteiger partial charge in [0.15, 0.2) is 5.96 Å². The van der Waals surface area contributed by atoms with Gasteiger partial charge in [-0.25, -0.2) is 9.98 Å². The Balaban J connectivity index is 1.72. The predicted octanol–water partition coefficient (Wildman–Crippen LogP) is 2.60. The van der Waals surface area contributed by atoms with Crippen LogP contribution >= 0.6 is 11.6 Å². The van der Waals surface area contributed by atoms with Crippen LogP contribution < -0.4 is 10.1 Å². The summed E-state index contributed by atoms with van der Waals surface area (Å²) >= 11 is 5.82. The van der Waals surface area contributed by atoms with Crippen LogP contribution in [0.3, 0.4) is 0 Å². The molecule has 0 bridgehead atoms. The maximum Gasteiger partial charge on any atom is 0.213 e. The molecule has 1 N–H and O–H groups in total. The van der Waals surface area contributed by atoms with Crippen molar-refractivity contribution in [1.29, 1.82) is 0 Å². The maximum atomic E-state index is 5.93. The first-order valence-electron chi connectivity index (χ1n) is 9.61. The van der Waals surface area contributed by atoms with Gasteiger partial charge in [-0.2, -0.15) is 0 Å². The second-order valence-electron chi connectivity index (χ2n) is 6.30. The van der Waals surface area contributed by atoms with Crippen LogP contribution in [0.15, 0.2) is 23.3 Å². The first-order chi connectivity index (χ1) is 13.2. The van der Waals surface area contributed by atoms with E-state index in [2.05, 4.69) is 27.1 Å². The van der Waals surface area contributed by atoms with E-state index < -0.39 is 0 Å². The van der Waals surface area contributed by atoms with E-state index >= 15 is 0 Å². The molecule has 0 spiro atoms. The third-order valence-corrected chi connectivity index (χ3v) is 4.45. The number of likely N-dealkylation sites (tertiary alicyclic amines) is 1. The predicted molar refractivity (Wildman–Crippen MR) is 108 cm³/mol. The number of ether oxygens (including phenoxy) is 3. The zero-order valence-corrected chi connectivity index (χ0v) is 17.1. The molecule has 1 saturated heterocycles.